The standard InChI is InChI=1S/C9H7F5O2/c1-16-7-4(8(15)9(12,13)14)2-3-5(10)6(7)11/h2-3,8,15H,1H3/t8-/m0/s1. The predicted molar refractivity (Wildman–Crippen MR) is 43.9 cm³/mol. The van der Waals surface area contributed by atoms with Gasteiger partial charge in [-0.3, -0.25) is 0 Å². The van der Waals surface area contributed by atoms with Crippen LogP contribution in [-0.4, -0.2) is 18.4 Å². The molecular formula is C9H7F5O2. The first-order valence-corrected chi connectivity index (χ1v) is 4.05. The van der Waals surface area contributed by atoms with Crippen molar-refractivity contribution in [1.29, 1.82) is 0 Å². The normalized spacial score (nSPS) is 13.7. The molecule has 1 rings (SSSR count). The van der Waals surface area contributed by atoms with Crippen LogP contribution in [0.4, 0.5) is 22.0 Å². The van der Waals surface area contributed by atoms with Crippen LogP contribution in [0.2, 0.25) is 0 Å². The van der Waals surface area contributed by atoms with Gasteiger partial charge in [0.25, 0.3) is 0 Å². The fourth-order valence-electron chi connectivity index (χ4n) is 1.15. The second-order valence-corrected chi connectivity index (χ2v) is 2.93. The van der Waals surface area contributed by atoms with E-state index in [2.05, 4.69) is 4.74 Å². The zero-order valence-corrected chi connectivity index (χ0v) is 7.98. The van der Waals surface area contributed by atoms with Crippen LogP contribution in [-0.2, 0) is 0 Å². The molecule has 0 amide bonds. The Morgan fingerprint density at radius 1 is 1.25 bits per heavy atom. The van der Waals surface area contributed by atoms with E-state index in [-0.39, 0.29) is 0 Å². The lowest BCUT2D eigenvalue weighted by atomic mass is 10.1. The van der Waals surface area contributed by atoms with E-state index in [1.54, 1.807) is 0 Å². The van der Waals surface area contributed by atoms with Crippen molar-refractivity contribution in [1.82, 2.24) is 0 Å². The van der Waals surface area contributed by atoms with Gasteiger partial charge in [-0.25, -0.2) is 4.39 Å². The molecular weight excluding hydrogens is 235 g/mol. The van der Waals surface area contributed by atoms with Crippen LogP contribution in [0.3, 0.4) is 0 Å². The summed E-state index contributed by atoms with van der Waals surface area (Å²) in [6, 6.07) is 1.11. The van der Waals surface area contributed by atoms with Gasteiger partial charge in [-0.2, -0.15) is 17.6 Å². The molecule has 1 N–H and O–H groups in total. The van der Waals surface area contributed by atoms with Crippen LogP contribution in [0, 0.1) is 11.6 Å². The monoisotopic (exact) mass is 242 g/mol. The molecule has 0 saturated carbocycles. The second-order valence-electron chi connectivity index (χ2n) is 2.93. The molecule has 0 aromatic heterocycles. The summed E-state index contributed by atoms with van der Waals surface area (Å²) in [5.41, 5.74) is -0.867. The SMILES string of the molecule is COc1c([C@H](O)C(F)(F)F)ccc(F)c1F. The molecule has 0 radical (unpaired) electrons. The molecule has 0 unspecified atom stereocenters. The summed E-state index contributed by atoms with van der Waals surface area (Å²) in [5, 5.41) is 8.89. The smallest absolute Gasteiger partial charge is 0.418 e. The number of rotatable bonds is 2. The minimum Gasteiger partial charge on any atom is -0.493 e. The van der Waals surface area contributed by atoms with Crippen molar-refractivity contribution in [2.75, 3.05) is 7.11 Å². The Morgan fingerprint density at radius 2 is 1.81 bits per heavy atom. The maximum Gasteiger partial charge on any atom is 0.418 e. The molecule has 0 heterocycles. The summed E-state index contributed by atoms with van der Waals surface area (Å²) >= 11 is 0. The summed E-state index contributed by atoms with van der Waals surface area (Å²) in [5.74, 6) is -3.87. The fourth-order valence-corrected chi connectivity index (χ4v) is 1.15. The topological polar surface area (TPSA) is 29.5 Å². The van der Waals surface area contributed by atoms with E-state index >= 15 is 0 Å². The molecule has 0 spiro atoms. The van der Waals surface area contributed by atoms with E-state index in [1.165, 1.54) is 0 Å². The van der Waals surface area contributed by atoms with Crippen LogP contribution in [0.5, 0.6) is 5.75 Å². The van der Waals surface area contributed by atoms with Crippen LogP contribution in [0.1, 0.15) is 11.7 Å². The summed E-state index contributed by atoms with van der Waals surface area (Å²) in [6.07, 6.45) is -7.89. The Morgan fingerprint density at radius 3 is 2.25 bits per heavy atom. The number of aliphatic hydroxyl groups is 1. The predicted octanol–water partition coefficient (Wildman–Crippen LogP) is 2.57. The van der Waals surface area contributed by atoms with Gasteiger partial charge in [-0.15, -0.1) is 0 Å². The van der Waals surface area contributed by atoms with E-state index in [1.807, 2.05) is 0 Å². The Labute approximate surface area is 87.3 Å². The van der Waals surface area contributed by atoms with Gasteiger partial charge >= 0.3 is 6.18 Å². The zero-order valence-electron chi connectivity index (χ0n) is 7.98. The Balaban J connectivity index is 3.30. The molecule has 0 bridgehead atoms. The van der Waals surface area contributed by atoms with Crippen molar-refractivity contribution in [3.05, 3.63) is 29.3 Å². The van der Waals surface area contributed by atoms with Gasteiger partial charge in [0.2, 0.25) is 5.82 Å². The first-order chi connectivity index (χ1) is 7.29. The maximum atomic E-state index is 13.0. The van der Waals surface area contributed by atoms with E-state index in [0.717, 1.165) is 7.11 Å². The third-order valence-electron chi connectivity index (χ3n) is 1.89. The van der Waals surface area contributed by atoms with Crippen molar-refractivity contribution >= 4 is 0 Å². The molecule has 16 heavy (non-hydrogen) atoms. The van der Waals surface area contributed by atoms with Crippen LogP contribution in [0.25, 0.3) is 0 Å². The molecule has 0 aliphatic rings. The molecule has 7 heteroatoms. The Hall–Kier alpha value is -1.37. The summed E-state index contributed by atoms with van der Waals surface area (Å²) in [7, 11) is 0.879. The Bertz CT molecular complexity index is 388. The fraction of sp³-hybridized carbons (Fsp3) is 0.333. The van der Waals surface area contributed by atoms with Crippen molar-refractivity contribution in [2.45, 2.75) is 12.3 Å². The second kappa shape index (κ2) is 4.25. The highest BCUT2D eigenvalue weighted by atomic mass is 19.4. The van der Waals surface area contributed by atoms with Crippen molar-refractivity contribution in [2.24, 2.45) is 0 Å². The number of methoxy groups -OCH3 is 1. The van der Waals surface area contributed by atoms with Gasteiger partial charge in [0, 0.05) is 5.56 Å². The molecule has 0 saturated heterocycles. The van der Waals surface area contributed by atoms with Crippen LogP contribution in [0.15, 0.2) is 12.1 Å². The van der Waals surface area contributed by atoms with Gasteiger partial charge in [0.1, 0.15) is 0 Å². The van der Waals surface area contributed by atoms with Gasteiger partial charge in [0.15, 0.2) is 17.7 Å². The van der Waals surface area contributed by atoms with E-state index < -0.39 is 35.2 Å². The van der Waals surface area contributed by atoms with Crippen molar-refractivity contribution in [3.8, 4) is 5.75 Å². The van der Waals surface area contributed by atoms with Gasteiger partial charge < -0.3 is 9.84 Å². The largest absolute Gasteiger partial charge is 0.493 e. The minimum atomic E-state index is -4.97. The molecule has 0 aliphatic carbocycles. The van der Waals surface area contributed by atoms with Crippen molar-refractivity contribution < 1.29 is 31.8 Å². The first-order valence-electron chi connectivity index (χ1n) is 4.05. The highest BCUT2D eigenvalue weighted by Gasteiger charge is 2.41. The van der Waals surface area contributed by atoms with Crippen molar-refractivity contribution in [3.63, 3.8) is 0 Å². The van der Waals surface area contributed by atoms with E-state index in [9.17, 15) is 22.0 Å². The molecule has 2 nitrogen and oxygen atoms in total. The molecule has 1 aromatic rings. The average Bonchev–Trinajstić information content (AvgIpc) is 2.19. The molecule has 0 fully saturated rings. The quantitative estimate of drug-likeness (QED) is 0.807. The first kappa shape index (κ1) is 12.7. The number of hydrogen-bond acceptors (Lipinski definition) is 2. The maximum absolute atomic E-state index is 13.0. The molecule has 90 valence electrons. The molecule has 0 aliphatic heterocycles. The van der Waals surface area contributed by atoms with Crippen LogP contribution >= 0.6 is 0 Å². The lowest BCUT2D eigenvalue weighted by Crippen LogP contribution is -2.21. The summed E-state index contributed by atoms with van der Waals surface area (Å²) < 4.78 is 66.5. The number of ether oxygens (including phenoxy) is 1. The highest BCUT2D eigenvalue weighted by Crippen LogP contribution is 2.38. The minimum absolute atomic E-state index is 0.488. The average molecular weight is 242 g/mol. The van der Waals surface area contributed by atoms with Gasteiger partial charge in [-0.1, -0.05) is 0 Å². The number of benzene rings is 1. The number of halogens is 5. The Kier molecular flexibility index (Phi) is 3.37. The highest BCUT2D eigenvalue weighted by molar-refractivity contribution is 5.38. The molecule has 1 aromatic carbocycles. The number of aliphatic hydroxyl groups excluding tert-OH is 1. The summed E-state index contributed by atoms with van der Waals surface area (Å²) in [6.45, 7) is 0. The number of alkyl halides is 3. The van der Waals surface area contributed by atoms with Gasteiger partial charge in [0.05, 0.1) is 7.11 Å². The third kappa shape index (κ3) is 2.24. The molecule has 1 atom stereocenters. The third-order valence-corrected chi connectivity index (χ3v) is 1.89. The van der Waals surface area contributed by atoms with Crippen LogP contribution < -0.4 is 4.74 Å². The zero-order chi connectivity index (χ0) is 12.5. The number of hydrogen-bond donors (Lipinski definition) is 1. The summed E-state index contributed by atoms with van der Waals surface area (Å²) in [4.78, 5) is 0. The van der Waals surface area contributed by atoms with Gasteiger partial charge in [-0.05, 0) is 12.1 Å². The lowest BCUT2D eigenvalue weighted by Gasteiger charge is -2.17. The van der Waals surface area contributed by atoms with E-state index in [0.29, 0.717) is 12.1 Å². The van der Waals surface area contributed by atoms with E-state index in [4.69, 9.17) is 5.11 Å². The lowest BCUT2D eigenvalue weighted by molar-refractivity contribution is -0.207.